The van der Waals surface area contributed by atoms with Crippen LogP contribution < -0.4 is 0 Å². The van der Waals surface area contributed by atoms with Crippen molar-refractivity contribution in [3.05, 3.63) is 0 Å². The molecule has 0 spiro atoms. The van der Waals surface area contributed by atoms with Crippen LogP contribution in [-0.2, 0) is 9.53 Å². The van der Waals surface area contributed by atoms with Crippen molar-refractivity contribution in [3.8, 4) is 0 Å². The molecule has 0 aromatic carbocycles. The van der Waals surface area contributed by atoms with Crippen molar-refractivity contribution in [1.29, 1.82) is 0 Å². The third-order valence-corrected chi connectivity index (χ3v) is 3.44. The summed E-state index contributed by atoms with van der Waals surface area (Å²) in [5.41, 5.74) is 0. The van der Waals surface area contributed by atoms with Gasteiger partial charge in [-0.2, -0.15) is 0 Å². The number of likely N-dealkylation sites (N-methyl/N-ethyl adjacent to an activating group) is 2. The Labute approximate surface area is 119 Å². The van der Waals surface area contributed by atoms with Crippen LogP contribution in [0.4, 0.5) is 0 Å². The van der Waals surface area contributed by atoms with E-state index >= 15 is 0 Å². The number of nitrogens with zero attached hydrogens (tertiary/aromatic N) is 2. The van der Waals surface area contributed by atoms with Crippen LogP contribution in [-0.4, -0.2) is 62.1 Å². The first-order valence-electron chi connectivity index (χ1n) is 7.69. The molecule has 0 saturated heterocycles. The van der Waals surface area contributed by atoms with Crippen LogP contribution in [0.2, 0.25) is 0 Å². The predicted molar refractivity (Wildman–Crippen MR) is 80.4 cm³/mol. The molecule has 4 heteroatoms. The van der Waals surface area contributed by atoms with E-state index in [0.29, 0.717) is 6.61 Å². The van der Waals surface area contributed by atoms with E-state index in [1.54, 1.807) is 4.90 Å². The minimum atomic E-state index is 0.0936. The van der Waals surface area contributed by atoms with Gasteiger partial charge in [-0.3, -0.25) is 4.79 Å². The van der Waals surface area contributed by atoms with E-state index in [-0.39, 0.29) is 12.5 Å². The molecule has 0 unspecified atom stereocenters. The van der Waals surface area contributed by atoms with Crippen LogP contribution in [0, 0.1) is 0 Å². The summed E-state index contributed by atoms with van der Waals surface area (Å²) < 4.78 is 5.45. The van der Waals surface area contributed by atoms with E-state index in [0.717, 1.165) is 32.6 Å². The van der Waals surface area contributed by atoms with Crippen molar-refractivity contribution in [1.82, 2.24) is 9.80 Å². The molecule has 0 N–H and O–H groups in total. The second-order valence-corrected chi connectivity index (χ2v) is 4.96. The van der Waals surface area contributed by atoms with Crippen LogP contribution in [0.1, 0.15) is 46.5 Å². The van der Waals surface area contributed by atoms with E-state index in [2.05, 4.69) is 25.7 Å². The largest absolute Gasteiger partial charge is 0.370 e. The van der Waals surface area contributed by atoms with Gasteiger partial charge >= 0.3 is 0 Å². The predicted octanol–water partition coefficient (Wildman–Crippen LogP) is 2.38. The molecule has 19 heavy (non-hydrogen) atoms. The molecule has 0 aliphatic heterocycles. The first kappa shape index (κ1) is 18.4. The zero-order chi connectivity index (χ0) is 14.5. The number of hydrogen-bond donors (Lipinski definition) is 0. The van der Waals surface area contributed by atoms with Crippen LogP contribution >= 0.6 is 0 Å². The second kappa shape index (κ2) is 12.4. The minimum absolute atomic E-state index is 0.0936. The second-order valence-electron chi connectivity index (χ2n) is 4.96. The lowest BCUT2D eigenvalue weighted by atomic mass is 10.2. The first-order chi connectivity index (χ1) is 9.15. The third kappa shape index (κ3) is 9.91. The average molecular weight is 272 g/mol. The maximum Gasteiger partial charge on any atom is 0.248 e. The van der Waals surface area contributed by atoms with Crippen molar-refractivity contribution in [2.75, 3.05) is 46.4 Å². The molecule has 0 rings (SSSR count). The molecule has 4 nitrogen and oxygen atoms in total. The van der Waals surface area contributed by atoms with Crippen LogP contribution in [0.15, 0.2) is 0 Å². The van der Waals surface area contributed by atoms with Crippen LogP contribution in [0.25, 0.3) is 0 Å². The molecule has 0 aromatic rings. The van der Waals surface area contributed by atoms with E-state index in [1.807, 2.05) is 7.05 Å². The molecule has 0 atom stereocenters. The van der Waals surface area contributed by atoms with Gasteiger partial charge in [0, 0.05) is 20.1 Å². The third-order valence-electron chi connectivity index (χ3n) is 3.44. The summed E-state index contributed by atoms with van der Waals surface area (Å²) in [6, 6.07) is 0. The Balaban J connectivity index is 3.56. The summed E-state index contributed by atoms with van der Waals surface area (Å²) in [5.74, 6) is 0.0936. The van der Waals surface area contributed by atoms with Gasteiger partial charge in [-0.05, 0) is 19.5 Å². The molecular formula is C15H32N2O2. The van der Waals surface area contributed by atoms with Crippen molar-refractivity contribution < 1.29 is 9.53 Å². The number of carbonyl (C=O) groups excluding carboxylic acids is 1. The van der Waals surface area contributed by atoms with Gasteiger partial charge in [0.05, 0.1) is 6.61 Å². The zero-order valence-electron chi connectivity index (χ0n) is 13.3. The van der Waals surface area contributed by atoms with Gasteiger partial charge in [-0.15, -0.1) is 0 Å². The summed E-state index contributed by atoms with van der Waals surface area (Å²) in [6.07, 6.45) is 4.78. The standard InChI is InChI=1S/C15H32N2O2/c1-5-8-9-10-11-16(4)15(18)14-19-13-12-17(6-2)7-3/h5-14H2,1-4H3. The smallest absolute Gasteiger partial charge is 0.248 e. The zero-order valence-corrected chi connectivity index (χ0v) is 13.3. The van der Waals surface area contributed by atoms with Crippen LogP contribution in [0.3, 0.4) is 0 Å². The quantitative estimate of drug-likeness (QED) is 0.511. The lowest BCUT2D eigenvalue weighted by molar-refractivity contribution is -0.135. The van der Waals surface area contributed by atoms with Gasteiger partial charge in [-0.1, -0.05) is 40.0 Å². The minimum Gasteiger partial charge on any atom is -0.370 e. The fourth-order valence-corrected chi connectivity index (χ4v) is 1.90. The number of unbranched alkanes of at least 4 members (excludes halogenated alkanes) is 3. The molecule has 0 saturated carbocycles. The number of ether oxygens (including phenoxy) is 1. The average Bonchev–Trinajstić information content (AvgIpc) is 2.43. The molecule has 0 aromatic heterocycles. The van der Waals surface area contributed by atoms with Crippen molar-refractivity contribution in [2.24, 2.45) is 0 Å². The summed E-state index contributed by atoms with van der Waals surface area (Å²) >= 11 is 0. The van der Waals surface area contributed by atoms with E-state index in [1.165, 1.54) is 19.3 Å². The first-order valence-corrected chi connectivity index (χ1v) is 7.69. The molecule has 0 radical (unpaired) electrons. The Hall–Kier alpha value is -0.610. The van der Waals surface area contributed by atoms with Gasteiger partial charge in [-0.25, -0.2) is 0 Å². The molecule has 1 amide bonds. The fourth-order valence-electron chi connectivity index (χ4n) is 1.90. The van der Waals surface area contributed by atoms with E-state index < -0.39 is 0 Å². The Morgan fingerprint density at radius 3 is 2.26 bits per heavy atom. The van der Waals surface area contributed by atoms with Gasteiger partial charge in [0.2, 0.25) is 5.91 Å². The molecule has 0 fully saturated rings. The molecular weight excluding hydrogens is 240 g/mol. The topological polar surface area (TPSA) is 32.8 Å². The van der Waals surface area contributed by atoms with Crippen LogP contribution in [0.5, 0.6) is 0 Å². The SMILES string of the molecule is CCCCCCN(C)C(=O)COCCN(CC)CC. The lowest BCUT2D eigenvalue weighted by Crippen LogP contribution is -2.33. The molecule has 0 heterocycles. The molecule has 0 aliphatic carbocycles. The normalized spacial score (nSPS) is 11.0. The van der Waals surface area contributed by atoms with Crippen molar-refractivity contribution >= 4 is 5.91 Å². The van der Waals surface area contributed by atoms with Gasteiger partial charge < -0.3 is 14.5 Å². The van der Waals surface area contributed by atoms with Gasteiger partial charge in [0.1, 0.15) is 6.61 Å². The maximum absolute atomic E-state index is 11.8. The Morgan fingerprint density at radius 1 is 1.00 bits per heavy atom. The number of rotatable bonds is 12. The summed E-state index contributed by atoms with van der Waals surface area (Å²) in [4.78, 5) is 15.9. The highest BCUT2D eigenvalue weighted by atomic mass is 16.5. The molecule has 0 bridgehead atoms. The Kier molecular flexibility index (Phi) is 12.0. The summed E-state index contributed by atoms with van der Waals surface area (Å²) in [6.45, 7) is 11.1. The van der Waals surface area contributed by atoms with E-state index in [9.17, 15) is 4.79 Å². The van der Waals surface area contributed by atoms with Gasteiger partial charge in [0.25, 0.3) is 0 Å². The van der Waals surface area contributed by atoms with Crippen molar-refractivity contribution in [3.63, 3.8) is 0 Å². The van der Waals surface area contributed by atoms with E-state index in [4.69, 9.17) is 4.74 Å². The monoisotopic (exact) mass is 272 g/mol. The lowest BCUT2D eigenvalue weighted by Gasteiger charge is -2.19. The Bertz CT molecular complexity index is 218. The Morgan fingerprint density at radius 2 is 1.68 bits per heavy atom. The molecule has 114 valence electrons. The number of carbonyl (C=O) groups is 1. The highest BCUT2D eigenvalue weighted by Gasteiger charge is 2.08. The summed E-state index contributed by atoms with van der Waals surface area (Å²) in [5, 5.41) is 0. The highest BCUT2D eigenvalue weighted by molar-refractivity contribution is 5.77. The molecule has 0 aliphatic rings. The van der Waals surface area contributed by atoms with Crippen molar-refractivity contribution in [2.45, 2.75) is 46.5 Å². The number of amides is 1. The maximum atomic E-state index is 11.8. The summed E-state index contributed by atoms with van der Waals surface area (Å²) in [7, 11) is 1.86. The van der Waals surface area contributed by atoms with Gasteiger partial charge in [0.15, 0.2) is 0 Å². The highest BCUT2D eigenvalue weighted by Crippen LogP contribution is 2.00. The fraction of sp³-hybridized carbons (Fsp3) is 0.933. The number of hydrogen-bond acceptors (Lipinski definition) is 3.